The predicted octanol–water partition coefficient (Wildman–Crippen LogP) is 2.30. The van der Waals surface area contributed by atoms with Gasteiger partial charge in [0.15, 0.2) is 11.5 Å². The molecule has 130 valence electrons. The van der Waals surface area contributed by atoms with Crippen LogP contribution < -0.4 is 9.47 Å². The van der Waals surface area contributed by atoms with E-state index in [9.17, 15) is 4.79 Å². The molecular formula is C19H26N2O3. The van der Waals surface area contributed by atoms with Gasteiger partial charge >= 0.3 is 0 Å². The van der Waals surface area contributed by atoms with Crippen LogP contribution in [-0.4, -0.2) is 60.1 Å². The van der Waals surface area contributed by atoms with E-state index in [-0.39, 0.29) is 6.10 Å². The summed E-state index contributed by atoms with van der Waals surface area (Å²) < 4.78 is 11.9. The number of benzene rings is 1. The number of nitrogens with zero attached hydrogens (tertiary/aromatic N) is 2. The second kappa shape index (κ2) is 6.63. The number of likely N-dealkylation sites (tertiary alicyclic amines) is 2. The molecule has 0 saturated carbocycles. The van der Waals surface area contributed by atoms with Gasteiger partial charge in [0, 0.05) is 31.6 Å². The Bertz CT molecular complexity index is 606. The average molecular weight is 330 g/mol. The fourth-order valence-corrected chi connectivity index (χ4v) is 4.27. The van der Waals surface area contributed by atoms with Crippen molar-refractivity contribution in [2.75, 3.05) is 26.2 Å². The molecule has 1 unspecified atom stereocenters. The lowest BCUT2D eigenvalue weighted by Crippen LogP contribution is -2.53. The zero-order valence-electron chi connectivity index (χ0n) is 14.3. The lowest BCUT2D eigenvalue weighted by Gasteiger charge is -2.41. The number of ether oxygens (including phenoxy) is 2. The van der Waals surface area contributed by atoms with E-state index in [1.807, 2.05) is 24.3 Å². The molecule has 3 aliphatic rings. The molecule has 1 aromatic rings. The lowest BCUT2D eigenvalue weighted by molar-refractivity contribution is -0.132. The molecule has 2 saturated heterocycles. The summed E-state index contributed by atoms with van der Waals surface area (Å²) in [5, 5.41) is 0. The highest BCUT2D eigenvalue weighted by Gasteiger charge is 2.36. The zero-order chi connectivity index (χ0) is 16.5. The monoisotopic (exact) mass is 330 g/mol. The highest BCUT2D eigenvalue weighted by molar-refractivity contribution is 5.79. The first kappa shape index (κ1) is 15.8. The molecule has 0 aromatic heterocycles. The van der Waals surface area contributed by atoms with Crippen LogP contribution in [0.1, 0.15) is 32.6 Å². The molecule has 0 spiro atoms. The SMILES string of the molecule is CC1CCC(=O)N1[C@H]1CCCN(C[C@H]2COc3ccccc3O2)C1. The maximum absolute atomic E-state index is 12.2. The zero-order valence-corrected chi connectivity index (χ0v) is 14.3. The van der Waals surface area contributed by atoms with Gasteiger partial charge in [-0.2, -0.15) is 0 Å². The Labute approximate surface area is 143 Å². The van der Waals surface area contributed by atoms with E-state index >= 15 is 0 Å². The Balaban J connectivity index is 1.36. The minimum absolute atomic E-state index is 0.0605. The number of fused-ring (bicyclic) bond motifs is 1. The molecular weight excluding hydrogens is 304 g/mol. The summed E-state index contributed by atoms with van der Waals surface area (Å²) in [6.07, 6.45) is 4.05. The van der Waals surface area contributed by atoms with Crippen LogP contribution >= 0.6 is 0 Å². The summed E-state index contributed by atoms with van der Waals surface area (Å²) in [7, 11) is 0. The van der Waals surface area contributed by atoms with Crippen molar-refractivity contribution in [2.45, 2.75) is 50.8 Å². The normalized spacial score (nSPS) is 30.6. The predicted molar refractivity (Wildman–Crippen MR) is 91.4 cm³/mol. The minimum atomic E-state index is 0.0605. The molecule has 2 fully saturated rings. The van der Waals surface area contributed by atoms with Crippen molar-refractivity contribution in [3.05, 3.63) is 24.3 Å². The Kier molecular flexibility index (Phi) is 4.35. The van der Waals surface area contributed by atoms with Gasteiger partial charge in [-0.1, -0.05) is 12.1 Å². The van der Waals surface area contributed by atoms with Crippen molar-refractivity contribution in [2.24, 2.45) is 0 Å². The topological polar surface area (TPSA) is 42.0 Å². The fourth-order valence-electron chi connectivity index (χ4n) is 4.27. The minimum Gasteiger partial charge on any atom is -0.486 e. The molecule has 3 heterocycles. The van der Waals surface area contributed by atoms with Gasteiger partial charge < -0.3 is 14.4 Å². The Morgan fingerprint density at radius 2 is 2.04 bits per heavy atom. The molecule has 3 aliphatic heterocycles. The maximum atomic E-state index is 12.2. The second-order valence-electron chi connectivity index (χ2n) is 7.24. The van der Waals surface area contributed by atoms with E-state index in [4.69, 9.17) is 9.47 Å². The first-order chi connectivity index (χ1) is 11.7. The van der Waals surface area contributed by atoms with E-state index in [2.05, 4.69) is 16.7 Å². The molecule has 24 heavy (non-hydrogen) atoms. The van der Waals surface area contributed by atoms with Gasteiger partial charge in [-0.25, -0.2) is 0 Å². The summed E-state index contributed by atoms with van der Waals surface area (Å²) in [5.74, 6) is 2.01. The number of hydrogen-bond donors (Lipinski definition) is 0. The molecule has 5 heteroatoms. The van der Waals surface area contributed by atoms with Crippen LogP contribution in [0, 0.1) is 0 Å². The third-order valence-electron chi connectivity index (χ3n) is 5.44. The molecule has 4 rings (SSSR count). The van der Waals surface area contributed by atoms with E-state index in [1.54, 1.807) is 0 Å². The smallest absolute Gasteiger partial charge is 0.223 e. The number of rotatable bonds is 3. The molecule has 3 atom stereocenters. The average Bonchev–Trinajstić information content (AvgIpc) is 2.94. The number of para-hydroxylation sites is 2. The van der Waals surface area contributed by atoms with E-state index in [0.29, 0.717) is 31.0 Å². The summed E-state index contributed by atoms with van der Waals surface area (Å²) in [6, 6.07) is 8.60. The van der Waals surface area contributed by atoms with Gasteiger partial charge in [0.2, 0.25) is 5.91 Å². The molecule has 0 radical (unpaired) electrons. The van der Waals surface area contributed by atoms with Crippen LogP contribution in [0.3, 0.4) is 0 Å². The number of amides is 1. The van der Waals surface area contributed by atoms with Gasteiger partial charge in [-0.3, -0.25) is 9.69 Å². The van der Waals surface area contributed by atoms with E-state index in [0.717, 1.165) is 50.4 Å². The van der Waals surface area contributed by atoms with Crippen LogP contribution in [0.2, 0.25) is 0 Å². The lowest BCUT2D eigenvalue weighted by atomic mass is 10.0. The third kappa shape index (κ3) is 3.09. The van der Waals surface area contributed by atoms with Crippen molar-refractivity contribution in [3.8, 4) is 11.5 Å². The molecule has 0 aliphatic carbocycles. The van der Waals surface area contributed by atoms with Crippen LogP contribution in [0.15, 0.2) is 24.3 Å². The van der Waals surface area contributed by atoms with Gasteiger partial charge in [0.25, 0.3) is 0 Å². The summed E-state index contributed by atoms with van der Waals surface area (Å²) in [6.45, 7) is 5.67. The molecule has 1 amide bonds. The first-order valence-corrected chi connectivity index (χ1v) is 9.12. The molecule has 0 N–H and O–H groups in total. The van der Waals surface area contributed by atoms with Crippen molar-refractivity contribution >= 4 is 5.91 Å². The van der Waals surface area contributed by atoms with Crippen molar-refractivity contribution in [1.82, 2.24) is 9.80 Å². The Hall–Kier alpha value is -1.75. The number of piperidine rings is 1. The standard InChI is InChI=1S/C19H26N2O3/c1-14-8-9-19(22)21(14)15-5-4-10-20(11-15)12-16-13-23-17-6-2-3-7-18(17)24-16/h2-3,6-7,14-16H,4-5,8-13H2,1H3/t14?,15-,16-/m0/s1. The Morgan fingerprint density at radius 3 is 2.83 bits per heavy atom. The highest BCUT2D eigenvalue weighted by Crippen LogP contribution is 2.31. The summed E-state index contributed by atoms with van der Waals surface area (Å²) in [4.78, 5) is 16.8. The van der Waals surface area contributed by atoms with Gasteiger partial charge in [-0.05, 0) is 44.9 Å². The van der Waals surface area contributed by atoms with Crippen molar-refractivity contribution < 1.29 is 14.3 Å². The van der Waals surface area contributed by atoms with Crippen LogP contribution in [0.5, 0.6) is 11.5 Å². The quantitative estimate of drug-likeness (QED) is 0.853. The van der Waals surface area contributed by atoms with Gasteiger partial charge in [-0.15, -0.1) is 0 Å². The fraction of sp³-hybridized carbons (Fsp3) is 0.632. The maximum Gasteiger partial charge on any atom is 0.223 e. The van der Waals surface area contributed by atoms with E-state index < -0.39 is 0 Å². The molecule has 5 nitrogen and oxygen atoms in total. The third-order valence-corrected chi connectivity index (χ3v) is 5.44. The second-order valence-corrected chi connectivity index (χ2v) is 7.24. The summed E-state index contributed by atoms with van der Waals surface area (Å²) >= 11 is 0. The number of carbonyl (C=O) groups is 1. The molecule has 1 aromatic carbocycles. The largest absolute Gasteiger partial charge is 0.486 e. The number of carbonyl (C=O) groups excluding carboxylic acids is 1. The van der Waals surface area contributed by atoms with Gasteiger partial charge in [0.1, 0.15) is 12.7 Å². The highest BCUT2D eigenvalue weighted by atomic mass is 16.6. The van der Waals surface area contributed by atoms with E-state index in [1.165, 1.54) is 0 Å². The van der Waals surface area contributed by atoms with Crippen LogP contribution in [0.25, 0.3) is 0 Å². The van der Waals surface area contributed by atoms with Gasteiger partial charge in [0.05, 0.1) is 0 Å². The summed E-state index contributed by atoms with van der Waals surface area (Å²) in [5.41, 5.74) is 0. The van der Waals surface area contributed by atoms with Crippen LogP contribution in [0.4, 0.5) is 0 Å². The van der Waals surface area contributed by atoms with Crippen molar-refractivity contribution in [3.63, 3.8) is 0 Å². The first-order valence-electron chi connectivity index (χ1n) is 9.12. The van der Waals surface area contributed by atoms with Crippen LogP contribution in [-0.2, 0) is 4.79 Å². The molecule has 0 bridgehead atoms. The van der Waals surface area contributed by atoms with Crippen molar-refractivity contribution in [1.29, 1.82) is 0 Å². The Morgan fingerprint density at radius 1 is 1.21 bits per heavy atom. The number of hydrogen-bond acceptors (Lipinski definition) is 4.